The molecule has 1 aromatic carbocycles. The third-order valence-corrected chi connectivity index (χ3v) is 3.18. The van der Waals surface area contributed by atoms with E-state index in [0.29, 0.717) is 6.42 Å². The van der Waals surface area contributed by atoms with E-state index in [4.69, 9.17) is 9.84 Å². The maximum absolute atomic E-state index is 10.8. The largest absolute Gasteiger partial charge is 0.481 e. The first kappa shape index (κ1) is 13.8. The molecule has 1 atom stereocenters. The number of piperazine rings is 1. The maximum Gasteiger partial charge on any atom is 0.303 e. The van der Waals surface area contributed by atoms with E-state index in [-0.39, 0.29) is 12.6 Å². The standard InChI is InChI=1S/C14H20N2O3/c17-14(18)7-6-13(16-10-8-15-9-11-16)19-12-4-2-1-3-5-12/h1-5,13,15H,6-11H2,(H,17,18). The third-order valence-electron chi connectivity index (χ3n) is 3.18. The smallest absolute Gasteiger partial charge is 0.303 e. The van der Waals surface area contributed by atoms with Crippen molar-refractivity contribution in [3.8, 4) is 5.75 Å². The van der Waals surface area contributed by atoms with Crippen molar-refractivity contribution >= 4 is 5.97 Å². The Morgan fingerprint density at radius 1 is 1.32 bits per heavy atom. The van der Waals surface area contributed by atoms with Crippen molar-refractivity contribution in [3.05, 3.63) is 30.3 Å². The third kappa shape index (κ3) is 4.54. The average molecular weight is 264 g/mol. The van der Waals surface area contributed by atoms with Crippen molar-refractivity contribution in [1.82, 2.24) is 10.2 Å². The lowest BCUT2D eigenvalue weighted by Gasteiger charge is -2.34. The number of rotatable bonds is 6. The van der Waals surface area contributed by atoms with Gasteiger partial charge < -0.3 is 15.2 Å². The van der Waals surface area contributed by atoms with Crippen molar-refractivity contribution < 1.29 is 14.6 Å². The Morgan fingerprint density at radius 3 is 2.63 bits per heavy atom. The van der Waals surface area contributed by atoms with Gasteiger partial charge in [-0.25, -0.2) is 0 Å². The number of nitrogens with one attached hydrogen (secondary N) is 1. The Labute approximate surface area is 113 Å². The minimum Gasteiger partial charge on any atom is -0.481 e. The highest BCUT2D eigenvalue weighted by atomic mass is 16.5. The summed E-state index contributed by atoms with van der Waals surface area (Å²) in [6.07, 6.45) is 0.465. The highest BCUT2D eigenvalue weighted by molar-refractivity contribution is 5.66. The van der Waals surface area contributed by atoms with Gasteiger partial charge in [-0.1, -0.05) is 18.2 Å². The number of carbonyl (C=O) groups is 1. The molecule has 0 spiro atoms. The molecule has 0 aromatic heterocycles. The van der Waals surface area contributed by atoms with Crippen molar-refractivity contribution in [2.75, 3.05) is 26.2 Å². The fourth-order valence-corrected chi connectivity index (χ4v) is 2.19. The van der Waals surface area contributed by atoms with E-state index >= 15 is 0 Å². The van der Waals surface area contributed by atoms with E-state index in [2.05, 4.69) is 10.2 Å². The lowest BCUT2D eigenvalue weighted by molar-refractivity contribution is -0.138. The lowest BCUT2D eigenvalue weighted by Crippen LogP contribution is -2.50. The molecule has 1 fully saturated rings. The van der Waals surface area contributed by atoms with Crippen LogP contribution in [0.1, 0.15) is 12.8 Å². The second kappa shape index (κ2) is 7.11. The van der Waals surface area contributed by atoms with Crippen LogP contribution < -0.4 is 10.1 Å². The number of ether oxygens (including phenoxy) is 1. The van der Waals surface area contributed by atoms with Crippen LogP contribution in [0.3, 0.4) is 0 Å². The molecule has 0 aliphatic carbocycles. The molecule has 5 nitrogen and oxygen atoms in total. The van der Waals surface area contributed by atoms with Crippen molar-refractivity contribution in [1.29, 1.82) is 0 Å². The van der Waals surface area contributed by atoms with Crippen LogP contribution in [0, 0.1) is 0 Å². The zero-order valence-corrected chi connectivity index (χ0v) is 10.9. The summed E-state index contributed by atoms with van der Waals surface area (Å²) >= 11 is 0. The molecule has 5 heteroatoms. The number of carboxylic acids is 1. The van der Waals surface area contributed by atoms with E-state index in [1.807, 2.05) is 30.3 Å². The Kier molecular flexibility index (Phi) is 5.18. The molecular formula is C14H20N2O3. The number of benzene rings is 1. The van der Waals surface area contributed by atoms with Crippen LogP contribution >= 0.6 is 0 Å². The predicted octanol–water partition coefficient (Wildman–Crippen LogP) is 1.16. The summed E-state index contributed by atoms with van der Waals surface area (Å²) in [5.74, 6) is 0.00761. The summed E-state index contributed by atoms with van der Waals surface area (Å²) in [7, 11) is 0. The molecule has 19 heavy (non-hydrogen) atoms. The molecule has 1 aromatic rings. The molecule has 0 amide bonds. The van der Waals surface area contributed by atoms with Gasteiger partial charge in [0.25, 0.3) is 0 Å². The Bertz CT molecular complexity index is 391. The first-order chi connectivity index (χ1) is 9.25. The van der Waals surface area contributed by atoms with E-state index in [1.54, 1.807) is 0 Å². The van der Waals surface area contributed by atoms with Gasteiger partial charge in [0.15, 0.2) is 6.23 Å². The van der Waals surface area contributed by atoms with Gasteiger partial charge >= 0.3 is 5.97 Å². The van der Waals surface area contributed by atoms with Crippen molar-refractivity contribution in [2.24, 2.45) is 0 Å². The van der Waals surface area contributed by atoms with Gasteiger partial charge in [0, 0.05) is 32.6 Å². The monoisotopic (exact) mass is 264 g/mol. The summed E-state index contributed by atoms with van der Waals surface area (Å²) in [5.41, 5.74) is 0. The summed E-state index contributed by atoms with van der Waals surface area (Å²) < 4.78 is 5.94. The van der Waals surface area contributed by atoms with Crippen LogP contribution in [0.15, 0.2) is 30.3 Å². The Morgan fingerprint density at radius 2 is 2.00 bits per heavy atom. The van der Waals surface area contributed by atoms with Gasteiger partial charge in [-0.2, -0.15) is 0 Å². The van der Waals surface area contributed by atoms with Gasteiger partial charge in [-0.15, -0.1) is 0 Å². The summed E-state index contributed by atoms with van der Waals surface area (Å²) in [6.45, 7) is 3.61. The first-order valence-electron chi connectivity index (χ1n) is 6.64. The van der Waals surface area contributed by atoms with Gasteiger partial charge in [0.05, 0.1) is 6.42 Å². The zero-order chi connectivity index (χ0) is 13.5. The van der Waals surface area contributed by atoms with E-state index in [0.717, 1.165) is 31.9 Å². The molecule has 1 aliphatic rings. The van der Waals surface area contributed by atoms with Gasteiger partial charge in [-0.3, -0.25) is 9.69 Å². The van der Waals surface area contributed by atoms with Crippen LogP contribution in [0.4, 0.5) is 0 Å². The molecule has 0 saturated carbocycles. The maximum atomic E-state index is 10.8. The number of para-hydroxylation sites is 1. The minimum absolute atomic E-state index is 0.126. The topological polar surface area (TPSA) is 61.8 Å². The van der Waals surface area contributed by atoms with Gasteiger partial charge in [-0.05, 0) is 12.1 Å². The van der Waals surface area contributed by atoms with E-state index in [1.165, 1.54) is 0 Å². The first-order valence-corrected chi connectivity index (χ1v) is 6.64. The van der Waals surface area contributed by atoms with Crippen LogP contribution in [0.25, 0.3) is 0 Å². The lowest BCUT2D eigenvalue weighted by atomic mass is 10.2. The molecule has 2 rings (SSSR count). The average Bonchev–Trinajstić information content (AvgIpc) is 2.45. The Hall–Kier alpha value is -1.59. The normalized spacial score (nSPS) is 17.9. The van der Waals surface area contributed by atoms with Gasteiger partial charge in [0.2, 0.25) is 0 Å². The molecule has 1 unspecified atom stereocenters. The molecule has 2 N–H and O–H groups in total. The van der Waals surface area contributed by atoms with Crippen LogP contribution in [-0.2, 0) is 4.79 Å². The second-order valence-electron chi connectivity index (χ2n) is 4.60. The van der Waals surface area contributed by atoms with Crippen molar-refractivity contribution in [3.63, 3.8) is 0 Å². The minimum atomic E-state index is -0.781. The van der Waals surface area contributed by atoms with Crippen molar-refractivity contribution in [2.45, 2.75) is 19.1 Å². The molecule has 1 saturated heterocycles. The zero-order valence-electron chi connectivity index (χ0n) is 10.9. The Balaban J connectivity index is 1.98. The van der Waals surface area contributed by atoms with Crippen LogP contribution in [-0.4, -0.2) is 48.4 Å². The molecule has 0 bridgehead atoms. The fourth-order valence-electron chi connectivity index (χ4n) is 2.19. The highest BCUT2D eigenvalue weighted by Gasteiger charge is 2.22. The molecular weight excluding hydrogens is 244 g/mol. The number of carboxylic acid groups (broad SMARTS) is 1. The molecule has 104 valence electrons. The second-order valence-corrected chi connectivity index (χ2v) is 4.60. The molecule has 1 heterocycles. The number of hydrogen-bond donors (Lipinski definition) is 2. The number of nitrogens with zero attached hydrogens (tertiary/aromatic N) is 1. The van der Waals surface area contributed by atoms with Crippen LogP contribution in [0.5, 0.6) is 5.75 Å². The quantitative estimate of drug-likeness (QED) is 0.807. The summed E-state index contributed by atoms with van der Waals surface area (Å²) in [5, 5.41) is 12.1. The SMILES string of the molecule is O=C(O)CCC(Oc1ccccc1)N1CCNCC1. The summed E-state index contributed by atoms with van der Waals surface area (Å²) in [4.78, 5) is 13.0. The number of aliphatic carboxylic acids is 1. The van der Waals surface area contributed by atoms with Crippen LogP contribution in [0.2, 0.25) is 0 Å². The van der Waals surface area contributed by atoms with E-state index < -0.39 is 5.97 Å². The van der Waals surface area contributed by atoms with Gasteiger partial charge in [0.1, 0.15) is 5.75 Å². The van der Waals surface area contributed by atoms with E-state index in [9.17, 15) is 4.79 Å². The number of hydrogen-bond acceptors (Lipinski definition) is 4. The fraction of sp³-hybridized carbons (Fsp3) is 0.500. The summed E-state index contributed by atoms with van der Waals surface area (Å²) in [6, 6.07) is 9.57. The highest BCUT2D eigenvalue weighted by Crippen LogP contribution is 2.16. The predicted molar refractivity (Wildman–Crippen MR) is 72.2 cm³/mol. The molecule has 0 radical (unpaired) electrons. The molecule has 1 aliphatic heterocycles.